The molecule has 0 aromatic heterocycles. The molecular weight excluding hydrogens is 142 g/mol. The van der Waals surface area contributed by atoms with Crippen molar-refractivity contribution >= 4 is 0 Å². The normalized spacial score (nSPS) is 22.6. The molecule has 1 aliphatic heterocycles. The molecule has 0 atom stereocenters. The third-order valence-electron chi connectivity index (χ3n) is 2.05. The first-order chi connectivity index (χ1) is 5.27. The second kappa shape index (κ2) is 3.74. The van der Waals surface area contributed by atoms with E-state index in [2.05, 4.69) is 13.6 Å². The molecule has 0 radical (unpaired) electrons. The molecule has 1 heterocycles. The molecule has 0 amide bonds. The Kier molecular flexibility index (Phi) is 2.91. The fourth-order valence-corrected chi connectivity index (χ4v) is 1.15. The first-order valence-electron chi connectivity index (χ1n) is 3.91. The molecule has 0 bridgehead atoms. The van der Waals surface area contributed by atoms with Crippen LogP contribution in [-0.4, -0.2) is 44.6 Å². The molecule has 0 unspecified atom stereocenters. The van der Waals surface area contributed by atoms with Crippen LogP contribution in [0.3, 0.4) is 0 Å². The van der Waals surface area contributed by atoms with Crippen LogP contribution in [0, 0.1) is 0 Å². The van der Waals surface area contributed by atoms with E-state index in [1.54, 1.807) is 0 Å². The van der Waals surface area contributed by atoms with E-state index in [0.717, 1.165) is 30.8 Å². The molecule has 0 spiro atoms. The quantitative estimate of drug-likeness (QED) is 0.442. The molecule has 1 fully saturated rings. The predicted octanol–water partition coefficient (Wildman–Crippen LogP) is 0.581. The first-order valence-corrected chi connectivity index (χ1v) is 3.91. The van der Waals surface area contributed by atoms with Crippen molar-refractivity contribution in [2.45, 2.75) is 0 Å². The summed E-state index contributed by atoms with van der Waals surface area (Å²) in [7, 11) is 2.17. The minimum absolute atomic E-state index is 0.715. The van der Waals surface area contributed by atoms with Gasteiger partial charge in [-0.05, 0) is 0 Å². The van der Waals surface area contributed by atoms with Gasteiger partial charge in [0, 0.05) is 0 Å². The maximum Gasteiger partial charge on any atom is 0.222 e. The van der Waals surface area contributed by atoms with Crippen LogP contribution in [0.5, 0.6) is 0 Å². The summed E-state index contributed by atoms with van der Waals surface area (Å²) in [5, 5.41) is 0. The predicted molar refractivity (Wildman–Crippen MR) is 42.9 cm³/mol. The van der Waals surface area contributed by atoms with Crippen molar-refractivity contribution in [3.05, 3.63) is 12.8 Å². The Hall–Kier alpha value is -0.540. The van der Waals surface area contributed by atoms with E-state index in [9.17, 15) is 0 Å². The molecule has 1 aliphatic rings. The van der Waals surface area contributed by atoms with E-state index in [4.69, 9.17) is 9.47 Å². The lowest BCUT2D eigenvalue weighted by Crippen LogP contribution is -2.52. The highest BCUT2D eigenvalue weighted by Gasteiger charge is 2.24. The van der Waals surface area contributed by atoms with Crippen LogP contribution in [0.15, 0.2) is 12.8 Å². The zero-order valence-electron chi connectivity index (χ0n) is 7.08. The highest BCUT2D eigenvalue weighted by Crippen LogP contribution is 2.06. The number of hydrogen-bond donors (Lipinski definition) is 0. The third-order valence-corrected chi connectivity index (χ3v) is 2.05. The maximum absolute atomic E-state index is 5.25. The number of nitrogens with zero attached hydrogens (tertiary/aromatic N) is 1. The van der Waals surface area contributed by atoms with Crippen LogP contribution in [0.2, 0.25) is 0 Å². The van der Waals surface area contributed by atoms with E-state index >= 15 is 0 Å². The maximum atomic E-state index is 5.25. The second-order valence-electron chi connectivity index (χ2n) is 3.14. The van der Waals surface area contributed by atoms with E-state index in [1.807, 2.05) is 0 Å². The Labute approximate surface area is 67.8 Å². The van der Waals surface area contributed by atoms with Gasteiger partial charge in [0.25, 0.3) is 0 Å². The molecule has 0 aromatic rings. The lowest BCUT2D eigenvalue weighted by Gasteiger charge is -2.36. The Bertz CT molecular complexity index is 130. The van der Waals surface area contributed by atoms with Gasteiger partial charge in [0.1, 0.15) is 13.1 Å². The van der Waals surface area contributed by atoms with Crippen LogP contribution >= 0.6 is 0 Å². The largest absolute Gasteiger partial charge is 0.453 e. The first kappa shape index (κ1) is 8.56. The zero-order chi connectivity index (χ0) is 8.16. The van der Waals surface area contributed by atoms with E-state index in [-0.39, 0.29) is 0 Å². The van der Waals surface area contributed by atoms with Gasteiger partial charge in [-0.3, -0.25) is 4.48 Å². The van der Waals surface area contributed by atoms with Crippen LogP contribution < -0.4 is 0 Å². The second-order valence-corrected chi connectivity index (χ2v) is 3.14. The Morgan fingerprint density at radius 2 is 2.18 bits per heavy atom. The summed E-state index contributed by atoms with van der Waals surface area (Å²) < 4.78 is 11.3. The minimum atomic E-state index is 0.715. The fourth-order valence-electron chi connectivity index (χ4n) is 1.15. The van der Waals surface area contributed by atoms with Crippen molar-refractivity contribution in [3.8, 4) is 0 Å². The number of morpholine rings is 1. The van der Waals surface area contributed by atoms with Gasteiger partial charge >= 0.3 is 0 Å². The number of rotatable bonds is 3. The number of hydrogen-bond acceptors (Lipinski definition) is 2. The summed E-state index contributed by atoms with van der Waals surface area (Å²) in [6, 6.07) is 0. The van der Waals surface area contributed by atoms with Gasteiger partial charge in [-0.2, -0.15) is 0 Å². The number of quaternary nitrogens is 1. The lowest BCUT2D eigenvalue weighted by molar-refractivity contribution is -0.933. The Morgan fingerprint density at radius 1 is 1.55 bits per heavy atom. The smallest absolute Gasteiger partial charge is 0.222 e. The summed E-state index contributed by atoms with van der Waals surface area (Å²) in [6.45, 7) is 7.99. The van der Waals surface area contributed by atoms with Crippen LogP contribution in [0.4, 0.5) is 0 Å². The van der Waals surface area contributed by atoms with Gasteiger partial charge < -0.3 is 9.47 Å². The van der Waals surface area contributed by atoms with Crippen LogP contribution in [0.1, 0.15) is 0 Å². The molecule has 3 heteroatoms. The molecule has 1 rings (SSSR count). The van der Waals surface area contributed by atoms with E-state index < -0.39 is 0 Å². The Morgan fingerprint density at radius 3 is 2.73 bits per heavy atom. The van der Waals surface area contributed by atoms with Gasteiger partial charge in [-0.1, -0.05) is 6.58 Å². The zero-order valence-corrected chi connectivity index (χ0v) is 7.08. The highest BCUT2D eigenvalue weighted by atomic mass is 16.5. The van der Waals surface area contributed by atoms with E-state index in [0.29, 0.717) is 6.73 Å². The fraction of sp³-hybridized carbons (Fsp3) is 0.750. The average Bonchev–Trinajstić information content (AvgIpc) is 2.03. The van der Waals surface area contributed by atoms with Crippen molar-refractivity contribution in [1.29, 1.82) is 0 Å². The standard InChI is InChI=1S/C8H16NO2/c1-3-10-8-9(2)4-6-11-7-5-9/h3H,1,4-8H2,2H3/q+1. The molecule has 64 valence electrons. The van der Waals surface area contributed by atoms with Crippen molar-refractivity contribution in [3.63, 3.8) is 0 Å². The van der Waals surface area contributed by atoms with Gasteiger partial charge in [0.05, 0.1) is 26.5 Å². The summed E-state index contributed by atoms with van der Waals surface area (Å²) in [5.74, 6) is 0. The molecular formula is C8H16NO2+. The SMILES string of the molecule is C=COC[N+]1(C)CCOCC1. The highest BCUT2D eigenvalue weighted by molar-refractivity contribution is 4.48. The van der Waals surface area contributed by atoms with Gasteiger partial charge in [-0.25, -0.2) is 0 Å². The third kappa shape index (κ3) is 2.52. The van der Waals surface area contributed by atoms with Crippen molar-refractivity contribution < 1.29 is 14.0 Å². The van der Waals surface area contributed by atoms with Crippen LogP contribution in [-0.2, 0) is 9.47 Å². The van der Waals surface area contributed by atoms with Crippen molar-refractivity contribution in [1.82, 2.24) is 0 Å². The lowest BCUT2D eigenvalue weighted by atomic mass is 10.4. The van der Waals surface area contributed by atoms with Gasteiger partial charge in [0.2, 0.25) is 6.73 Å². The number of ether oxygens (including phenoxy) is 2. The molecule has 0 saturated carbocycles. The van der Waals surface area contributed by atoms with E-state index in [1.165, 1.54) is 6.26 Å². The van der Waals surface area contributed by atoms with Gasteiger partial charge in [0.15, 0.2) is 0 Å². The molecule has 1 saturated heterocycles. The summed E-state index contributed by atoms with van der Waals surface area (Å²) >= 11 is 0. The summed E-state index contributed by atoms with van der Waals surface area (Å²) in [5.41, 5.74) is 0. The molecule has 3 nitrogen and oxygen atoms in total. The monoisotopic (exact) mass is 158 g/mol. The molecule has 0 aliphatic carbocycles. The van der Waals surface area contributed by atoms with Crippen LogP contribution in [0.25, 0.3) is 0 Å². The number of likely N-dealkylation sites (N-methyl/N-ethyl adjacent to an activating group) is 1. The minimum Gasteiger partial charge on any atom is -0.453 e. The topological polar surface area (TPSA) is 18.5 Å². The Balaban J connectivity index is 2.30. The molecule has 0 N–H and O–H groups in total. The molecule has 11 heavy (non-hydrogen) atoms. The van der Waals surface area contributed by atoms with Crippen molar-refractivity contribution in [2.75, 3.05) is 40.1 Å². The summed E-state index contributed by atoms with van der Waals surface area (Å²) in [6.07, 6.45) is 1.50. The summed E-state index contributed by atoms with van der Waals surface area (Å²) in [4.78, 5) is 0. The molecule has 0 aromatic carbocycles. The van der Waals surface area contributed by atoms with Gasteiger partial charge in [-0.15, -0.1) is 0 Å². The average molecular weight is 158 g/mol. The van der Waals surface area contributed by atoms with Crippen molar-refractivity contribution in [2.24, 2.45) is 0 Å².